The zero-order valence-electron chi connectivity index (χ0n) is 39.3. The van der Waals surface area contributed by atoms with Gasteiger partial charge in [0.15, 0.2) is 17.5 Å². The molecule has 3 heterocycles. The van der Waals surface area contributed by atoms with Crippen LogP contribution in [0.1, 0.15) is 25.0 Å². The molecular formula is C66H45N5. The standard InChI is InChI=1S/C66H45N5/c1-66(2)57-29-16-15-28-51(57)52-40-56-55-39-47(46-31-34-60-54(38-46)53-37-45(42-18-7-3-8-19-42)30-33-59(53)70(60)49-25-13-6-14-26-49)32-35-61(55)71(62(56)41-58(52)66)50-27-17-24-48(36-50)65-68-63(43-20-9-4-10-21-43)67-64(69-65)44-22-11-5-12-23-44/h3-41H,1-2H3. The van der Waals surface area contributed by atoms with Gasteiger partial charge in [0.2, 0.25) is 0 Å². The fourth-order valence-electron chi connectivity index (χ4n) is 11.3. The van der Waals surface area contributed by atoms with E-state index >= 15 is 0 Å². The van der Waals surface area contributed by atoms with Gasteiger partial charge in [0.25, 0.3) is 0 Å². The molecule has 5 heteroatoms. The smallest absolute Gasteiger partial charge is 0.164 e. The van der Waals surface area contributed by atoms with Crippen LogP contribution in [0.25, 0.3) is 123 Å². The van der Waals surface area contributed by atoms with Crippen LogP contribution in [0.3, 0.4) is 0 Å². The number of aromatic nitrogens is 5. The van der Waals surface area contributed by atoms with Gasteiger partial charge in [-0.15, -0.1) is 0 Å². The predicted octanol–water partition coefficient (Wildman–Crippen LogP) is 16.7. The number of para-hydroxylation sites is 1. The molecule has 0 spiro atoms. The summed E-state index contributed by atoms with van der Waals surface area (Å²) in [5.41, 5.74) is 19.5. The van der Waals surface area contributed by atoms with E-state index < -0.39 is 0 Å². The Hall–Kier alpha value is -9.19. The molecule has 0 N–H and O–H groups in total. The Morgan fingerprint density at radius 1 is 0.282 bits per heavy atom. The van der Waals surface area contributed by atoms with Gasteiger partial charge in [-0.25, -0.2) is 15.0 Å². The second-order valence-electron chi connectivity index (χ2n) is 19.2. The Labute approximate surface area is 411 Å². The fourth-order valence-corrected chi connectivity index (χ4v) is 11.3. The van der Waals surface area contributed by atoms with Crippen LogP contribution < -0.4 is 0 Å². The van der Waals surface area contributed by atoms with Crippen molar-refractivity contribution in [3.8, 4) is 78.9 Å². The molecule has 10 aromatic carbocycles. The van der Waals surface area contributed by atoms with Crippen molar-refractivity contribution in [1.29, 1.82) is 0 Å². The Bertz CT molecular complexity index is 4170. The molecule has 0 fully saturated rings. The molecule has 3 aromatic heterocycles. The third kappa shape index (κ3) is 6.58. The number of benzene rings is 10. The lowest BCUT2D eigenvalue weighted by Gasteiger charge is -2.21. The Morgan fingerprint density at radius 3 is 1.27 bits per heavy atom. The number of hydrogen-bond acceptors (Lipinski definition) is 3. The fraction of sp³-hybridized carbons (Fsp3) is 0.0455. The van der Waals surface area contributed by atoms with Crippen molar-refractivity contribution in [1.82, 2.24) is 24.1 Å². The molecule has 0 saturated carbocycles. The molecule has 14 rings (SSSR count). The first-order chi connectivity index (χ1) is 34.9. The first-order valence-corrected chi connectivity index (χ1v) is 24.3. The summed E-state index contributed by atoms with van der Waals surface area (Å²) < 4.78 is 4.84. The summed E-state index contributed by atoms with van der Waals surface area (Å²) in [5, 5.41) is 4.86. The van der Waals surface area contributed by atoms with Crippen LogP contribution in [-0.2, 0) is 5.41 Å². The van der Waals surface area contributed by atoms with Gasteiger partial charge in [0.05, 0.1) is 22.1 Å². The topological polar surface area (TPSA) is 48.5 Å². The summed E-state index contributed by atoms with van der Waals surface area (Å²) in [6.45, 7) is 4.72. The number of fused-ring (bicyclic) bond motifs is 9. The molecule has 0 saturated heterocycles. The SMILES string of the molecule is CC1(C)c2ccccc2-c2cc3c4cc(-c5ccc6c(c5)c5cc(-c7ccccc7)ccc5n6-c5ccccc5)ccc4n(-c4cccc(-c5nc(-c6ccccc6)nc(-c6ccccc6)n5)c4)c3cc21. The lowest BCUT2D eigenvalue weighted by molar-refractivity contribution is 0.661. The quantitative estimate of drug-likeness (QED) is 0.160. The summed E-state index contributed by atoms with van der Waals surface area (Å²) in [6, 6.07) is 85.2. The molecule has 0 aliphatic heterocycles. The minimum Gasteiger partial charge on any atom is -0.309 e. The zero-order chi connectivity index (χ0) is 47.2. The van der Waals surface area contributed by atoms with Gasteiger partial charge in [-0.2, -0.15) is 0 Å². The van der Waals surface area contributed by atoms with Gasteiger partial charge in [-0.05, 0) is 117 Å². The summed E-state index contributed by atoms with van der Waals surface area (Å²) >= 11 is 0. The summed E-state index contributed by atoms with van der Waals surface area (Å²) in [7, 11) is 0. The van der Waals surface area contributed by atoms with E-state index in [9.17, 15) is 0 Å². The largest absolute Gasteiger partial charge is 0.309 e. The molecule has 5 nitrogen and oxygen atoms in total. The third-order valence-corrected chi connectivity index (χ3v) is 14.8. The van der Waals surface area contributed by atoms with E-state index in [0.29, 0.717) is 17.5 Å². The Balaban J connectivity index is 0.975. The number of nitrogens with zero attached hydrogens (tertiary/aromatic N) is 5. The van der Waals surface area contributed by atoms with E-state index in [0.717, 1.165) is 39.1 Å². The lowest BCUT2D eigenvalue weighted by Crippen LogP contribution is -2.14. The minimum absolute atomic E-state index is 0.171. The summed E-state index contributed by atoms with van der Waals surface area (Å²) in [6.07, 6.45) is 0. The van der Waals surface area contributed by atoms with Gasteiger partial charge in [-0.3, -0.25) is 0 Å². The summed E-state index contributed by atoms with van der Waals surface area (Å²) in [5.74, 6) is 1.90. The molecule has 334 valence electrons. The third-order valence-electron chi connectivity index (χ3n) is 14.8. The lowest BCUT2D eigenvalue weighted by atomic mass is 9.82. The minimum atomic E-state index is -0.171. The van der Waals surface area contributed by atoms with Crippen LogP contribution in [0.15, 0.2) is 237 Å². The molecule has 0 unspecified atom stereocenters. The summed E-state index contributed by atoms with van der Waals surface area (Å²) in [4.78, 5) is 15.2. The van der Waals surface area contributed by atoms with Crippen molar-refractivity contribution < 1.29 is 0 Å². The number of hydrogen-bond donors (Lipinski definition) is 0. The van der Waals surface area contributed by atoms with E-state index in [1.54, 1.807) is 0 Å². The van der Waals surface area contributed by atoms with Gasteiger partial charge >= 0.3 is 0 Å². The highest BCUT2D eigenvalue weighted by Crippen LogP contribution is 2.51. The molecule has 0 amide bonds. The molecule has 0 atom stereocenters. The van der Waals surface area contributed by atoms with Crippen LogP contribution >= 0.6 is 0 Å². The average Bonchev–Trinajstić information content (AvgIpc) is 4.03. The molecule has 1 aliphatic rings. The normalized spacial score (nSPS) is 12.8. The van der Waals surface area contributed by atoms with Crippen molar-refractivity contribution in [2.45, 2.75) is 19.3 Å². The van der Waals surface area contributed by atoms with E-state index in [1.165, 1.54) is 77.1 Å². The van der Waals surface area contributed by atoms with Gasteiger partial charge in [0, 0.05) is 55.0 Å². The highest BCUT2D eigenvalue weighted by Gasteiger charge is 2.36. The average molecular weight is 908 g/mol. The second kappa shape index (κ2) is 15.9. The van der Waals surface area contributed by atoms with Crippen LogP contribution in [0.5, 0.6) is 0 Å². The second-order valence-corrected chi connectivity index (χ2v) is 19.2. The Morgan fingerprint density at radius 2 is 0.704 bits per heavy atom. The molecular weight excluding hydrogens is 863 g/mol. The monoisotopic (exact) mass is 907 g/mol. The molecule has 1 aliphatic carbocycles. The van der Waals surface area contributed by atoms with Crippen molar-refractivity contribution in [3.05, 3.63) is 248 Å². The maximum Gasteiger partial charge on any atom is 0.164 e. The molecule has 0 bridgehead atoms. The van der Waals surface area contributed by atoms with Gasteiger partial charge in [-0.1, -0.05) is 178 Å². The van der Waals surface area contributed by atoms with Crippen molar-refractivity contribution in [2.75, 3.05) is 0 Å². The molecule has 71 heavy (non-hydrogen) atoms. The highest BCUT2D eigenvalue weighted by atomic mass is 15.0. The molecule has 13 aromatic rings. The van der Waals surface area contributed by atoms with Crippen molar-refractivity contribution in [2.24, 2.45) is 0 Å². The van der Waals surface area contributed by atoms with Crippen LogP contribution in [0.4, 0.5) is 0 Å². The van der Waals surface area contributed by atoms with E-state index in [1.807, 2.05) is 36.4 Å². The van der Waals surface area contributed by atoms with E-state index in [4.69, 9.17) is 15.0 Å². The zero-order valence-corrected chi connectivity index (χ0v) is 39.3. The van der Waals surface area contributed by atoms with Crippen LogP contribution in [0.2, 0.25) is 0 Å². The maximum absolute atomic E-state index is 5.13. The molecule has 0 radical (unpaired) electrons. The van der Waals surface area contributed by atoms with Crippen molar-refractivity contribution >= 4 is 43.6 Å². The van der Waals surface area contributed by atoms with Gasteiger partial charge < -0.3 is 9.13 Å². The van der Waals surface area contributed by atoms with E-state index in [2.05, 4.69) is 223 Å². The first-order valence-electron chi connectivity index (χ1n) is 24.3. The van der Waals surface area contributed by atoms with E-state index in [-0.39, 0.29) is 5.41 Å². The van der Waals surface area contributed by atoms with Gasteiger partial charge in [0.1, 0.15) is 0 Å². The number of rotatable bonds is 7. The van der Waals surface area contributed by atoms with Crippen LogP contribution in [0, 0.1) is 0 Å². The van der Waals surface area contributed by atoms with Crippen molar-refractivity contribution in [3.63, 3.8) is 0 Å². The maximum atomic E-state index is 5.13. The Kier molecular flexibility index (Phi) is 9.17. The highest BCUT2D eigenvalue weighted by molar-refractivity contribution is 6.14. The van der Waals surface area contributed by atoms with Crippen LogP contribution in [-0.4, -0.2) is 24.1 Å². The first kappa shape index (κ1) is 40.8. The predicted molar refractivity (Wildman–Crippen MR) is 293 cm³/mol.